The molecule has 0 fully saturated rings. The van der Waals surface area contributed by atoms with Crippen LogP contribution in [0, 0.1) is 0 Å². The topological polar surface area (TPSA) is 82.3 Å². The Morgan fingerprint density at radius 3 is 2.62 bits per heavy atom. The van der Waals surface area contributed by atoms with Crippen molar-refractivity contribution in [1.82, 2.24) is 14.5 Å². The van der Waals surface area contributed by atoms with Gasteiger partial charge in [-0.2, -0.15) is 0 Å². The van der Waals surface area contributed by atoms with Crippen LogP contribution >= 0.6 is 11.6 Å². The summed E-state index contributed by atoms with van der Waals surface area (Å²) in [6.45, 7) is 4.04. The molecule has 0 bridgehead atoms. The van der Waals surface area contributed by atoms with E-state index in [-0.39, 0.29) is 11.3 Å². The fourth-order valence-corrected chi connectivity index (χ4v) is 3.38. The second kappa shape index (κ2) is 8.53. The predicted octanol–water partition coefficient (Wildman–Crippen LogP) is 2.90. The molecule has 0 spiro atoms. The number of halogens is 1. The Morgan fingerprint density at radius 2 is 1.93 bits per heavy atom. The standard InChI is InChI=1S/C21H22ClN3O4/c1-4-11-23-19(26)13(2)24-17-12-14(22)9-10-15(17)20(27)25(21(24)28)16-7-5-6-8-18(16)29-3/h5-10,12-13H,4,11H2,1-3H3,(H,23,26). The number of amides is 1. The van der Waals surface area contributed by atoms with Gasteiger partial charge in [0.15, 0.2) is 0 Å². The van der Waals surface area contributed by atoms with Crippen molar-refractivity contribution in [3.63, 3.8) is 0 Å². The minimum absolute atomic E-state index is 0.273. The van der Waals surface area contributed by atoms with Gasteiger partial charge in [-0.05, 0) is 43.7 Å². The molecule has 1 aromatic heterocycles. The van der Waals surface area contributed by atoms with Crippen molar-refractivity contribution in [2.75, 3.05) is 13.7 Å². The lowest BCUT2D eigenvalue weighted by molar-refractivity contribution is -0.123. The van der Waals surface area contributed by atoms with E-state index in [1.165, 1.54) is 17.7 Å². The van der Waals surface area contributed by atoms with Gasteiger partial charge in [0.05, 0.1) is 23.7 Å². The zero-order chi connectivity index (χ0) is 21.1. The van der Waals surface area contributed by atoms with Gasteiger partial charge in [0.25, 0.3) is 5.56 Å². The molecule has 1 heterocycles. The number of nitrogens with zero attached hydrogens (tertiary/aromatic N) is 2. The van der Waals surface area contributed by atoms with Crippen molar-refractivity contribution in [3.8, 4) is 11.4 Å². The first-order chi connectivity index (χ1) is 13.9. The zero-order valence-electron chi connectivity index (χ0n) is 16.4. The van der Waals surface area contributed by atoms with Crippen LogP contribution in [0.3, 0.4) is 0 Å². The third kappa shape index (κ3) is 3.78. The molecule has 0 radical (unpaired) electrons. The molecular weight excluding hydrogens is 394 g/mol. The number of fused-ring (bicyclic) bond motifs is 1. The van der Waals surface area contributed by atoms with Gasteiger partial charge < -0.3 is 10.1 Å². The molecule has 1 unspecified atom stereocenters. The Labute approximate surface area is 172 Å². The van der Waals surface area contributed by atoms with E-state index in [4.69, 9.17) is 16.3 Å². The van der Waals surface area contributed by atoms with Crippen LogP contribution in [0.15, 0.2) is 52.1 Å². The van der Waals surface area contributed by atoms with Gasteiger partial charge in [0.1, 0.15) is 11.8 Å². The second-order valence-corrected chi connectivity index (χ2v) is 7.03. The molecule has 152 valence electrons. The summed E-state index contributed by atoms with van der Waals surface area (Å²) in [6, 6.07) is 10.5. The van der Waals surface area contributed by atoms with E-state index in [9.17, 15) is 14.4 Å². The number of benzene rings is 2. The maximum absolute atomic E-state index is 13.5. The minimum atomic E-state index is -0.850. The molecule has 0 aliphatic heterocycles. The SMILES string of the molecule is CCCNC(=O)C(C)n1c(=O)n(-c2ccccc2OC)c(=O)c2ccc(Cl)cc21. The highest BCUT2D eigenvalue weighted by Gasteiger charge is 2.23. The third-order valence-electron chi connectivity index (χ3n) is 4.69. The molecule has 7 nitrogen and oxygen atoms in total. The van der Waals surface area contributed by atoms with E-state index in [0.29, 0.717) is 28.5 Å². The van der Waals surface area contributed by atoms with Gasteiger partial charge in [0.2, 0.25) is 5.91 Å². The number of nitrogens with one attached hydrogen (secondary N) is 1. The minimum Gasteiger partial charge on any atom is -0.495 e. The average molecular weight is 416 g/mol. The van der Waals surface area contributed by atoms with Crippen molar-refractivity contribution < 1.29 is 9.53 Å². The number of rotatable bonds is 6. The number of carbonyl (C=O) groups excluding carboxylic acids is 1. The van der Waals surface area contributed by atoms with Crippen LogP contribution in [0.25, 0.3) is 16.6 Å². The van der Waals surface area contributed by atoms with Gasteiger partial charge in [-0.15, -0.1) is 0 Å². The number of carbonyl (C=O) groups is 1. The normalized spacial score (nSPS) is 12.0. The van der Waals surface area contributed by atoms with Crippen LogP contribution in [0.4, 0.5) is 0 Å². The molecule has 29 heavy (non-hydrogen) atoms. The van der Waals surface area contributed by atoms with Gasteiger partial charge in [-0.25, -0.2) is 9.36 Å². The lowest BCUT2D eigenvalue weighted by atomic mass is 10.2. The van der Waals surface area contributed by atoms with Gasteiger partial charge in [-0.3, -0.25) is 14.2 Å². The molecule has 3 rings (SSSR count). The fourth-order valence-electron chi connectivity index (χ4n) is 3.22. The molecule has 0 saturated carbocycles. The van der Waals surface area contributed by atoms with Gasteiger partial charge in [-0.1, -0.05) is 30.7 Å². The summed E-state index contributed by atoms with van der Waals surface area (Å²) in [4.78, 5) is 39.3. The molecular formula is C21H22ClN3O4. The van der Waals surface area contributed by atoms with Crippen molar-refractivity contribution >= 4 is 28.4 Å². The smallest absolute Gasteiger partial charge is 0.337 e. The highest BCUT2D eigenvalue weighted by atomic mass is 35.5. The number of para-hydroxylation sites is 2. The van der Waals surface area contributed by atoms with Crippen LogP contribution in [0.2, 0.25) is 5.02 Å². The van der Waals surface area contributed by atoms with Crippen LogP contribution in [-0.4, -0.2) is 28.7 Å². The summed E-state index contributed by atoms with van der Waals surface area (Å²) in [5, 5.41) is 3.43. The number of hydrogen-bond acceptors (Lipinski definition) is 4. The van der Waals surface area contributed by atoms with Crippen molar-refractivity contribution in [2.24, 2.45) is 0 Å². The van der Waals surface area contributed by atoms with Crippen LogP contribution in [0.1, 0.15) is 26.3 Å². The van der Waals surface area contributed by atoms with Gasteiger partial charge in [0, 0.05) is 11.6 Å². The van der Waals surface area contributed by atoms with Gasteiger partial charge >= 0.3 is 5.69 Å². The maximum atomic E-state index is 13.5. The summed E-state index contributed by atoms with van der Waals surface area (Å²) < 4.78 is 7.65. The molecule has 8 heteroatoms. The Bertz CT molecular complexity index is 1180. The Hall–Kier alpha value is -3.06. The highest BCUT2D eigenvalue weighted by Crippen LogP contribution is 2.23. The zero-order valence-corrected chi connectivity index (χ0v) is 17.2. The lowest BCUT2D eigenvalue weighted by Crippen LogP contribution is -2.43. The molecule has 3 aromatic rings. The number of ether oxygens (including phenoxy) is 1. The first kappa shape index (κ1) is 20.7. The predicted molar refractivity (Wildman–Crippen MR) is 113 cm³/mol. The van der Waals surface area contributed by atoms with Crippen molar-refractivity contribution in [1.29, 1.82) is 0 Å². The van der Waals surface area contributed by atoms with Crippen LogP contribution in [-0.2, 0) is 4.79 Å². The average Bonchev–Trinajstić information content (AvgIpc) is 2.72. The summed E-state index contributed by atoms with van der Waals surface area (Å²) in [7, 11) is 1.46. The second-order valence-electron chi connectivity index (χ2n) is 6.59. The number of aromatic nitrogens is 2. The fraction of sp³-hybridized carbons (Fsp3) is 0.286. The van der Waals surface area contributed by atoms with Crippen molar-refractivity contribution in [3.05, 3.63) is 68.3 Å². The van der Waals surface area contributed by atoms with Crippen LogP contribution in [0.5, 0.6) is 5.75 Å². The molecule has 1 atom stereocenters. The summed E-state index contributed by atoms with van der Waals surface area (Å²) in [6.07, 6.45) is 0.765. The maximum Gasteiger partial charge on any atom is 0.337 e. The molecule has 1 amide bonds. The summed E-state index contributed by atoms with van der Waals surface area (Å²) in [5.74, 6) is 0.0510. The highest BCUT2D eigenvalue weighted by molar-refractivity contribution is 6.31. The third-order valence-corrected chi connectivity index (χ3v) is 4.93. The van der Waals surface area contributed by atoms with E-state index >= 15 is 0 Å². The summed E-state index contributed by atoms with van der Waals surface area (Å²) in [5.41, 5.74) is -0.549. The first-order valence-electron chi connectivity index (χ1n) is 9.28. The van der Waals surface area contributed by atoms with E-state index in [1.807, 2.05) is 6.92 Å². The van der Waals surface area contributed by atoms with E-state index < -0.39 is 17.3 Å². The molecule has 0 saturated heterocycles. The number of methoxy groups -OCH3 is 1. The molecule has 0 aliphatic rings. The lowest BCUT2D eigenvalue weighted by Gasteiger charge is -2.20. The Kier molecular flexibility index (Phi) is 6.08. The van der Waals surface area contributed by atoms with E-state index in [1.54, 1.807) is 43.3 Å². The van der Waals surface area contributed by atoms with Crippen molar-refractivity contribution in [2.45, 2.75) is 26.3 Å². The molecule has 0 aliphatic carbocycles. The molecule has 2 aromatic carbocycles. The Balaban J connectivity index is 2.38. The van der Waals surface area contributed by atoms with E-state index in [2.05, 4.69) is 5.32 Å². The first-order valence-corrected chi connectivity index (χ1v) is 9.66. The monoisotopic (exact) mass is 415 g/mol. The Morgan fingerprint density at radius 1 is 1.21 bits per heavy atom. The quantitative estimate of drug-likeness (QED) is 0.671. The largest absolute Gasteiger partial charge is 0.495 e. The number of hydrogen-bond donors (Lipinski definition) is 1. The summed E-state index contributed by atoms with van der Waals surface area (Å²) >= 11 is 6.12. The van der Waals surface area contributed by atoms with E-state index in [0.717, 1.165) is 11.0 Å². The molecule has 1 N–H and O–H groups in total. The van der Waals surface area contributed by atoms with Crippen LogP contribution < -0.4 is 21.3 Å².